The second kappa shape index (κ2) is 6.93. The van der Waals surface area contributed by atoms with Crippen LogP contribution in [-0.2, 0) is 14.8 Å². The molecule has 1 heterocycles. The summed E-state index contributed by atoms with van der Waals surface area (Å²) in [5.74, 6) is -0.127. The first-order chi connectivity index (χ1) is 12.3. The van der Waals surface area contributed by atoms with E-state index in [9.17, 15) is 23.3 Å². The van der Waals surface area contributed by atoms with Crippen molar-refractivity contribution in [3.05, 3.63) is 34.4 Å². The summed E-state index contributed by atoms with van der Waals surface area (Å²) < 4.78 is 26.8. The van der Waals surface area contributed by atoms with E-state index in [1.807, 2.05) is 0 Å². The highest BCUT2D eigenvalue weighted by Crippen LogP contribution is 2.30. The van der Waals surface area contributed by atoms with Gasteiger partial charge in [0.1, 0.15) is 0 Å². The maximum absolute atomic E-state index is 12.8. The molecule has 9 nitrogen and oxygen atoms in total. The molecule has 0 bridgehead atoms. The Labute approximate surface area is 152 Å². The molecular formula is C16H22N4O5S. The third kappa shape index (κ3) is 3.31. The third-order valence-electron chi connectivity index (χ3n) is 5.13. The average Bonchev–Trinajstić information content (AvgIpc) is 3.09. The van der Waals surface area contributed by atoms with E-state index in [2.05, 4.69) is 0 Å². The lowest BCUT2D eigenvalue weighted by atomic mass is 9.97. The molecular weight excluding hydrogens is 360 g/mol. The van der Waals surface area contributed by atoms with Gasteiger partial charge in [0.25, 0.3) is 5.69 Å². The fraction of sp³-hybridized carbons (Fsp3) is 0.562. The molecule has 0 radical (unpaired) electrons. The van der Waals surface area contributed by atoms with Crippen molar-refractivity contribution >= 4 is 21.6 Å². The van der Waals surface area contributed by atoms with Gasteiger partial charge in [-0.05, 0) is 18.9 Å². The van der Waals surface area contributed by atoms with Gasteiger partial charge in [-0.15, -0.1) is 0 Å². The van der Waals surface area contributed by atoms with Crippen LogP contribution < -0.4 is 5.73 Å². The number of nitrogens with two attached hydrogens (primary N) is 1. The Balaban J connectivity index is 1.73. The predicted molar refractivity (Wildman–Crippen MR) is 93.8 cm³/mol. The molecule has 1 amide bonds. The smallest absolute Gasteiger partial charge is 0.289 e. The van der Waals surface area contributed by atoms with Gasteiger partial charge in [-0.1, -0.05) is 25.0 Å². The van der Waals surface area contributed by atoms with Crippen LogP contribution in [0.2, 0.25) is 0 Å². The first-order valence-electron chi connectivity index (χ1n) is 8.57. The van der Waals surface area contributed by atoms with Crippen molar-refractivity contribution in [1.82, 2.24) is 9.21 Å². The Hall–Kier alpha value is -2.04. The number of hydrogen-bond acceptors (Lipinski definition) is 6. The van der Waals surface area contributed by atoms with Crippen molar-refractivity contribution in [3.63, 3.8) is 0 Å². The quantitative estimate of drug-likeness (QED) is 0.603. The number of hydrogen-bond donors (Lipinski definition) is 1. The maximum Gasteiger partial charge on any atom is 0.289 e. The van der Waals surface area contributed by atoms with Gasteiger partial charge in [0, 0.05) is 32.2 Å². The van der Waals surface area contributed by atoms with Crippen LogP contribution in [0.15, 0.2) is 29.2 Å². The molecule has 1 saturated carbocycles. The number of carbonyl (C=O) groups excluding carboxylic acids is 1. The molecule has 2 aliphatic rings. The molecule has 1 aromatic carbocycles. The number of benzene rings is 1. The molecule has 3 rings (SSSR count). The topological polar surface area (TPSA) is 127 Å². The van der Waals surface area contributed by atoms with Crippen LogP contribution in [0.5, 0.6) is 0 Å². The summed E-state index contributed by atoms with van der Waals surface area (Å²) in [5, 5.41) is 11.1. The fourth-order valence-corrected chi connectivity index (χ4v) is 5.21. The number of rotatable bonds is 4. The first kappa shape index (κ1) is 18.7. The lowest BCUT2D eigenvalue weighted by molar-refractivity contribution is -0.387. The van der Waals surface area contributed by atoms with E-state index < -0.39 is 26.2 Å². The third-order valence-corrected chi connectivity index (χ3v) is 7.07. The van der Waals surface area contributed by atoms with E-state index in [0.29, 0.717) is 12.8 Å². The predicted octanol–water partition coefficient (Wildman–Crippen LogP) is 0.699. The molecule has 1 saturated heterocycles. The Morgan fingerprint density at radius 2 is 1.69 bits per heavy atom. The molecule has 142 valence electrons. The summed E-state index contributed by atoms with van der Waals surface area (Å²) in [6, 6.07) is 5.29. The van der Waals surface area contributed by atoms with Gasteiger partial charge in [-0.25, -0.2) is 8.42 Å². The minimum atomic E-state index is -4.00. The van der Waals surface area contributed by atoms with E-state index in [1.54, 1.807) is 4.90 Å². The average molecular weight is 382 g/mol. The van der Waals surface area contributed by atoms with Gasteiger partial charge in [-0.2, -0.15) is 4.31 Å². The second-order valence-corrected chi connectivity index (χ2v) is 8.69. The zero-order valence-electron chi connectivity index (χ0n) is 14.3. The minimum absolute atomic E-state index is 0.0935. The van der Waals surface area contributed by atoms with Crippen LogP contribution in [0.3, 0.4) is 0 Å². The zero-order chi connectivity index (χ0) is 18.9. The van der Waals surface area contributed by atoms with E-state index in [0.717, 1.165) is 12.8 Å². The van der Waals surface area contributed by atoms with Crippen molar-refractivity contribution in [3.8, 4) is 0 Å². The van der Waals surface area contributed by atoms with Crippen molar-refractivity contribution in [2.45, 2.75) is 36.1 Å². The molecule has 2 N–H and O–H groups in total. The molecule has 1 aliphatic carbocycles. The SMILES string of the molecule is NC1(C(=O)N2CCN(S(=O)(=O)c3ccccc3[N+](=O)[O-])CC2)CCCC1. The summed E-state index contributed by atoms with van der Waals surface area (Å²) in [7, 11) is -4.00. The van der Waals surface area contributed by atoms with E-state index in [1.165, 1.54) is 28.6 Å². The number of carbonyl (C=O) groups is 1. The van der Waals surface area contributed by atoms with Gasteiger partial charge in [0.05, 0.1) is 10.5 Å². The number of para-hydroxylation sites is 1. The highest BCUT2D eigenvalue weighted by atomic mass is 32.2. The number of nitro benzene ring substituents is 1. The molecule has 1 aromatic rings. The van der Waals surface area contributed by atoms with Crippen LogP contribution in [0.4, 0.5) is 5.69 Å². The van der Waals surface area contributed by atoms with Crippen LogP contribution in [-0.4, -0.2) is 60.2 Å². The first-order valence-corrected chi connectivity index (χ1v) is 10.0. The zero-order valence-corrected chi connectivity index (χ0v) is 15.2. The molecule has 10 heteroatoms. The molecule has 26 heavy (non-hydrogen) atoms. The van der Waals surface area contributed by atoms with Crippen LogP contribution in [0.1, 0.15) is 25.7 Å². The highest BCUT2D eigenvalue weighted by molar-refractivity contribution is 7.89. The van der Waals surface area contributed by atoms with Crippen molar-refractivity contribution in [2.75, 3.05) is 26.2 Å². The molecule has 0 spiro atoms. The van der Waals surface area contributed by atoms with E-state index in [4.69, 9.17) is 5.73 Å². The Morgan fingerprint density at radius 3 is 2.27 bits per heavy atom. The van der Waals surface area contributed by atoms with Crippen LogP contribution >= 0.6 is 0 Å². The number of nitrogens with zero attached hydrogens (tertiary/aromatic N) is 3. The Morgan fingerprint density at radius 1 is 1.12 bits per heavy atom. The normalized spacial score (nSPS) is 20.9. The molecule has 0 unspecified atom stereocenters. The largest absolute Gasteiger partial charge is 0.338 e. The lowest BCUT2D eigenvalue weighted by Crippen LogP contribution is -2.59. The van der Waals surface area contributed by atoms with Gasteiger partial charge >= 0.3 is 0 Å². The van der Waals surface area contributed by atoms with E-state index >= 15 is 0 Å². The maximum atomic E-state index is 12.8. The summed E-state index contributed by atoms with van der Waals surface area (Å²) in [4.78, 5) is 24.3. The molecule has 2 fully saturated rings. The van der Waals surface area contributed by atoms with Crippen LogP contribution in [0, 0.1) is 10.1 Å². The monoisotopic (exact) mass is 382 g/mol. The number of amides is 1. The molecule has 0 atom stereocenters. The number of sulfonamides is 1. The standard InChI is InChI=1S/C16H22N4O5S/c17-16(7-3-4-8-16)15(21)18-9-11-19(12-10-18)26(24,25)14-6-2-1-5-13(14)20(22)23/h1-2,5-6H,3-4,7-12,17H2. The van der Waals surface area contributed by atoms with Gasteiger partial charge in [0.15, 0.2) is 4.90 Å². The summed E-state index contributed by atoms with van der Waals surface area (Å²) in [5.41, 5.74) is 4.92. The molecule has 0 aromatic heterocycles. The fourth-order valence-electron chi connectivity index (χ4n) is 3.63. The van der Waals surface area contributed by atoms with E-state index in [-0.39, 0.29) is 37.0 Å². The van der Waals surface area contributed by atoms with Crippen molar-refractivity contribution < 1.29 is 18.1 Å². The minimum Gasteiger partial charge on any atom is -0.338 e. The number of nitro groups is 1. The van der Waals surface area contributed by atoms with Crippen molar-refractivity contribution in [1.29, 1.82) is 0 Å². The van der Waals surface area contributed by atoms with Crippen LogP contribution in [0.25, 0.3) is 0 Å². The van der Waals surface area contributed by atoms with Gasteiger partial charge in [0.2, 0.25) is 15.9 Å². The summed E-state index contributed by atoms with van der Waals surface area (Å²) >= 11 is 0. The second-order valence-electron chi connectivity index (χ2n) is 6.78. The molecule has 1 aliphatic heterocycles. The Kier molecular flexibility index (Phi) is 5.00. The van der Waals surface area contributed by atoms with Crippen molar-refractivity contribution in [2.24, 2.45) is 5.73 Å². The lowest BCUT2D eigenvalue weighted by Gasteiger charge is -2.37. The summed E-state index contributed by atoms with van der Waals surface area (Å²) in [6.07, 6.45) is 3.16. The Bertz CT molecular complexity index is 812. The summed E-state index contributed by atoms with van der Waals surface area (Å²) in [6.45, 7) is 0.654. The highest BCUT2D eigenvalue weighted by Gasteiger charge is 2.42. The van der Waals surface area contributed by atoms with Gasteiger partial charge < -0.3 is 10.6 Å². The number of piperazine rings is 1. The van der Waals surface area contributed by atoms with Gasteiger partial charge in [-0.3, -0.25) is 14.9 Å².